The standard InChI is InChI=1S/C41H42ClN6O6P/c1-31(49)45-24-26-47(27-25-45)55(42,52)53-30-36-28-46(29-38(54-36)48-23-22-37(44-40(48)51)43-39(50)32-14-6-2-7-15-32)41(33-16-8-3-9-17-33,34-18-10-4-11-19-34)35-20-12-5-13-21-35/h2-23,36,38H,24-30H2,1H3,(H,43,44,50,51). The highest BCUT2D eigenvalue weighted by molar-refractivity contribution is 7.83. The van der Waals surface area contributed by atoms with Crippen molar-refractivity contribution >= 4 is 35.7 Å². The molecule has 4 aromatic carbocycles. The molecule has 0 aliphatic carbocycles. The third-order valence-corrected chi connectivity index (χ3v) is 12.6. The summed E-state index contributed by atoms with van der Waals surface area (Å²) in [7, 11) is 0. The molecular weight excluding hydrogens is 739 g/mol. The van der Waals surface area contributed by atoms with Crippen molar-refractivity contribution in [3.63, 3.8) is 0 Å². The van der Waals surface area contributed by atoms with Crippen LogP contribution >= 0.6 is 18.1 Å². The van der Waals surface area contributed by atoms with Crippen LogP contribution in [0.4, 0.5) is 5.82 Å². The molecule has 3 unspecified atom stereocenters. The number of morpholine rings is 1. The van der Waals surface area contributed by atoms with E-state index in [0.717, 1.165) is 16.7 Å². The topological polar surface area (TPSA) is 126 Å². The van der Waals surface area contributed by atoms with Crippen LogP contribution in [0.1, 0.15) is 40.2 Å². The summed E-state index contributed by atoms with van der Waals surface area (Å²) in [6, 6.07) is 40.7. The number of hydrogen-bond acceptors (Lipinski definition) is 8. The van der Waals surface area contributed by atoms with Crippen molar-refractivity contribution in [3.05, 3.63) is 166 Å². The molecule has 55 heavy (non-hydrogen) atoms. The minimum absolute atomic E-state index is 0.0539. The number of amides is 2. The van der Waals surface area contributed by atoms with Crippen molar-refractivity contribution in [2.75, 3.05) is 51.2 Å². The fourth-order valence-corrected chi connectivity index (χ4v) is 9.20. The molecule has 284 valence electrons. The molecule has 2 saturated heterocycles. The Labute approximate surface area is 324 Å². The molecule has 14 heteroatoms. The van der Waals surface area contributed by atoms with Crippen LogP contribution in [0.2, 0.25) is 0 Å². The predicted molar refractivity (Wildman–Crippen MR) is 211 cm³/mol. The Morgan fingerprint density at radius 2 is 1.35 bits per heavy atom. The molecule has 1 aromatic heterocycles. The summed E-state index contributed by atoms with van der Waals surface area (Å²) in [4.78, 5) is 46.7. The van der Waals surface area contributed by atoms with E-state index in [-0.39, 0.29) is 24.9 Å². The van der Waals surface area contributed by atoms with Gasteiger partial charge in [-0.2, -0.15) is 4.98 Å². The molecule has 2 amide bonds. The number of rotatable bonds is 11. The van der Waals surface area contributed by atoms with Gasteiger partial charge in [-0.3, -0.25) is 23.6 Å². The maximum Gasteiger partial charge on any atom is 0.363 e. The fourth-order valence-electron chi connectivity index (χ4n) is 7.41. The largest absolute Gasteiger partial charge is 0.363 e. The molecule has 7 rings (SSSR count). The molecule has 2 aliphatic heterocycles. The van der Waals surface area contributed by atoms with Gasteiger partial charge in [0.2, 0.25) is 5.91 Å². The lowest BCUT2D eigenvalue weighted by Gasteiger charge is -2.50. The zero-order valence-electron chi connectivity index (χ0n) is 30.3. The quantitative estimate of drug-likeness (QED) is 0.123. The second-order valence-electron chi connectivity index (χ2n) is 13.5. The Morgan fingerprint density at radius 3 is 1.85 bits per heavy atom. The summed E-state index contributed by atoms with van der Waals surface area (Å²) in [5.74, 6) is -0.348. The van der Waals surface area contributed by atoms with Gasteiger partial charge < -0.3 is 19.5 Å². The van der Waals surface area contributed by atoms with Crippen molar-refractivity contribution in [2.24, 2.45) is 0 Å². The lowest BCUT2D eigenvalue weighted by atomic mass is 9.75. The number of hydrogen-bond donors (Lipinski definition) is 1. The average molecular weight is 781 g/mol. The van der Waals surface area contributed by atoms with Gasteiger partial charge in [0.05, 0.1) is 18.2 Å². The van der Waals surface area contributed by atoms with E-state index in [2.05, 4.69) is 51.6 Å². The number of carbonyl (C=O) groups excluding carboxylic acids is 2. The maximum absolute atomic E-state index is 13.9. The van der Waals surface area contributed by atoms with Gasteiger partial charge in [-0.1, -0.05) is 109 Å². The maximum atomic E-state index is 13.9. The molecule has 3 atom stereocenters. The highest BCUT2D eigenvalue weighted by atomic mass is 35.7. The Morgan fingerprint density at radius 1 is 0.818 bits per heavy atom. The zero-order valence-corrected chi connectivity index (χ0v) is 32.0. The van der Waals surface area contributed by atoms with Crippen molar-refractivity contribution in [1.29, 1.82) is 0 Å². The lowest BCUT2D eigenvalue weighted by Crippen LogP contribution is -2.58. The summed E-state index contributed by atoms with van der Waals surface area (Å²) < 4.78 is 29.5. The van der Waals surface area contributed by atoms with Crippen molar-refractivity contribution in [1.82, 2.24) is 24.0 Å². The number of nitrogens with zero attached hydrogens (tertiary/aromatic N) is 5. The van der Waals surface area contributed by atoms with Gasteiger partial charge in [0.15, 0.2) is 6.23 Å². The average Bonchev–Trinajstić information content (AvgIpc) is 3.22. The molecule has 12 nitrogen and oxygen atoms in total. The monoisotopic (exact) mass is 780 g/mol. The molecule has 3 heterocycles. The normalized spacial score (nSPS) is 19.3. The number of ether oxygens (including phenoxy) is 1. The number of benzene rings is 4. The Balaban J connectivity index is 1.26. The molecule has 0 bridgehead atoms. The number of anilines is 1. The fraction of sp³-hybridized carbons (Fsp3) is 0.268. The van der Waals surface area contributed by atoms with Gasteiger partial charge in [-0.25, -0.2) is 9.46 Å². The zero-order chi connectivity index (χ0) is 38.4. The van der Waals surface area contributed by atoms with Crippen molar-refractivity contribution in [2.45, 2.75) is 24.8 Å². The van der Waals surface area contributed by atoms with E-state index >= 15 is 0 Å². The number of nitrogens with one attached hydrogen (secondary N) is 1. The van der Waals surface area contributed by atoms with Crippen LogP contribution in [-0.4, -0.2) is 87.8 Å². The van der Waals surface area contributed by atoms with Gasteiger partial charge in [0, 0.05) is 58.0 Å². The molecular formula is C41H42ClN6O6P. The van der Waals surface area contributed by atoms with E-state index < -0.39 is 36.3 Å². The van der Waals surface area contributed by atoms with Crippen LogP contribution in [-0.2, 0) is 24.2 Å². The highest BCUT2D eigenvalue weighted by Gasteiger charge is 2.47. The number of aromatic nitrogens is 2. The minimum Gasteiger partial charge on any atom is -0.350 e. The van der Waals surface area contributed by atoms with Gasteiger partial charge >= 0.3 is 12.6 Å². The molecule has 1 N–H and O–H groups in total. The van der Waals surface area contributed by atoms with Crippen molar-refractivity contribution < 1.29 is 23.4 Å². The molecule has 2 aliphatic rings. The van der Waals surface area contributed by atoms with E-state index in [1.54, 1.807) is 46.1 Å². The smallest absolute Gasteiger partial charge is 0.350 e. The first kappa shape index (κ1) is 38.3. The SMILES string of the molecule is CC(=O)N1CCN(P(=O)(Cl)OCC2CN(C(c3ccccc3)(c3ccccc3)c3ccccc3)CC(n3ccc(NC(=O)c4ccccc4)nc3=O)O2)CC1. The summed E-state index contributed by atoms with van der Waals surface area (Å²) in [6.07, 6.45) is -0.0483. The molecule has 0 saturated carbocycles. The molecule has 5 aromatic rings. The van der Waals surface area contributed by atoms with Crippen molar-refractivity contribution in [3.8, 4) is 0 Å². The van der Waals surface area contributed by atoms with E-state index in [1.807, 2.05) is 60.7 Å². The van der Waals surface area contributed by atoms with Gasteiger partial charge in [0.25, 0.3) is 5.91 Å². The second kappa shape index (κ2) is 16.8. The summed E-state index contributed by atoms with van der Waals surface area (Å²) in [6.45, 7) is -0.563. The number of halogens is 1. The lowest BCUT2D eigenvalue weighted by molar-refractivity contribution is -0.148. The Hall–Kier alpha value is -4.94. The Bertz CT molecular complexity index is 2090. The Kier molecular flexibility index (Phi) is 11.7. The van der Waals surface area contributed by atoms with Crippen LogP contribution in [0.3, 0.4) is 0 Å². The van der Waals surface area contributed by atoms with Crippen LogP contribution < -0.4 is 11.0 Å². The van der Waals surface area contributed by atoms with Crippen LogP contribution in [0.25, 0.3) is 0 Å². The third kappa shape index (κ3) is 8.35. The molecule has 2 fully saturated rings. The second-order valence-corrected chi connectivity index (χ2v) is 16.5. The van der Waals surface area contributed by atoms with Crippen LogP contribution in [0.15, 0.2) is 138 Å². The van der Waals surface area contributed by atoms with Gasteiger partial charge in [-0.05, 0) is 46.1 Å². The number of carbonyl (C=O) groups is 2. The van der Waals surface area contributed by atoms with Gasteiger partial charge in [-0.15, -0.1) is 0 Å². The summed E-state index contributed by atoms with van der Waals surface area (Å²) in [5.41, 5.74) is 1.89. The van der Waals surface area contributed by atoms with E-state index in [1.165, 1.54) is 11.5 Å². The first-order chi connectivity index (χ1) is 26.6. The van der Waals surface area contributed by atoms with Gasteiger partial charge in [0.1, 0.15) is 5.82 Å². The van der Waals surface area contributed by atoms with E-state index in [0.29, 0.717) is 38.3 Å². The van der Waals surface area contributed by atoms with Crippen LogP contribution in [0, 0.1) is 0 Å². The summed E-state index contributed by atoms with van der Waals surface area (Å²) in [5, 5.41) is 2.71. The first-order valence-electron chi connectivity index (χ1n) is 18.1. The minimum atomic E-state index is -3.82. The predicted octanol–water partition coefficient (Wildman–Crippen LogP) is 6.21. The number of piperazine rings is 1. The molecule has 0 spiro atoms. The first-order valence-corrected chi connectivity index (χ1v) is 20.6. The van der Waals surface area contributed by atoms with Crippen LogP contribution in [0.5, 0.6) is 0 Å². The highest BCUT2D eigenvalue weighted by Crippen LogP contribution is 2.56. The van der Waals surface area contributed by atoms with E-state index in [9.17, 15) is 18.9 Å². The van der Waals surface area contributed by atoms with E-state index in [4.69, 9.17) is 20.5 Å². The molecule has 0 radical (unpaired) electrons. The third-order valence-electron chi connectivity index (χ3n) is 10.1. The summed E-state index contributed by atoms with van der Waals surface area (Å²) >= 11 is 6.64.